The zero-order valence-electron chi connectivity index (χ0n) is 20.1. The summed E-state index contributed by atoms with van der Waals surface area (Å²) in [6.45, 7) is 7.64. The summed E-state index contributed by atoms with van der Waals surface area (Å²) in [5, 5.41) is 11.2. The molecule has 0 unspecified atom stereocenters. The minimum Gasteiger partial charge on any atom is -0.385 e. The largest absolute Gasteiger partial charge is 0.534 e. The molecule has 0 heterocycles. The lowest BCUT2D eigenvalue weighted by molar-refractivity contribution is -0.0500. The maximum Gasteiger partial charge on any atom is 0.534 e. The van der Waals surface area contributed by atoms with Gasteiger partial charge in [0.15, 0.2) is 0 Å². The maximum absolute atomic E-state index is 12.8. The molecule has 0 amide bonds. The zero-order valence-corrected chi connectivity index (χ0v) is 20.9. The third kappa shape index (κ3) is 4.85. The smallest absolute Gasteiger partial charge is 0.385 e. The molecule has 1 aliphatic carbocycles. The molecule has 1 saturated carbocycles. The van der Waals surface area contributed by atoms with Crippen LogP contribution in [0.25, 0.3) is 0 Å². The average Bonchev–Trinajstić information content (AvgIpc) is 2.76. The number of rotatable bonds is 7. The third-order valence-corrected chi connectivity index (χ3v) is 8.34. The van der Waals surface area contributed by atoms with Crippen LogP contribution in [0.5, 0.6) is 5.75 Å². The normalized spacial score (nSPS) is 16.9. The summed E-state index contributed by atoms with van der Waals surface area (Å²) in [5.41, 5.74) is -2.52. The van der Waals surface area contributed by atoms with Crippen molar-refractivity contribution in [2.24, 2.45) is 0 Å². The molecule has 0 spiro atoms. The van der Waals surface area contributed by atoms with Crippen LogP contribution in [-0.2, 0) is 21.1 Å². The van der Waals surface area contributed by atoms with E-state index in [4.69, 9.17) is 0 Å². The molecule has 34 heavy (non-hydrogen) atoms. The van der Waals surface area contributed by atoms with Crippen LogP contribution in [0.2, 0.25) is 0 Å². The first-order chi connectivity index (χ1) is 15.8. The first-order valence-electron chi connectivity index (χ1n) is 11.8. The first-order valence-corrected chi connectivity index (χ1v) is 13.2. The van der Waals surface area contributed by atoms with Crippen LogP contribution in [0.1, 0.15) is 86.6 Å². The molecule has 0 radical (unpaired) electrons. The van der Waals surface area contributed by atoms with Gasteiger partial charge in [-0.05, 0) is 73.4 Å². The number of hydrogen-bond acceptors (Lipinski definition) is 4. The Balaban J connectivity index is 2.01. The van der Waals surface area contributed by atoms with Gasteiger partial charge < -0.3 is 9.29 Å². The molecule has 1 aliphatic rings. The van der Waals surface area contributed by atoms with Crippen LogP contribution in [0.3, 0.4) is 0 Å². The van der Waals surface area contributed by atoms with Crippen LogP contribution in [0.4, 0.5) is 13.2 Å². The van der Waals surface area contributed by atoms with Gasteiger partial charge in [-0.2, -0.15) is 21.6 Å². The fourth-order valence-electron chi connectivity index (χ4n) is 5.33. The Bertz CT molecular complexity index is 1130. The summed E-state index contributed by atoms with van der Waals surface area (Å²) in [6, 6.07) is 10.8. The molecule has 3 rings (SSSR count). The van der Waals surface area contributed by atoms with E-state index >= 15 is 0 Å². The molecule has 4 nitrogen and oxygen atoms in total. The zero-order chi connectivity index (χ0) is 25.4. The molecule has 1 fully saturated rings. The van der Waals surface area contributed by atoms with E-state index in [9.17, 15) is 26.7 Å². The van der Waals surface area contributed by atoms with Crippen LogP contribution in [0, 0.1) is 13.8 Å². The van der Waals surface area contributed by atoms with E-state index in [1.807, 2.05) is 19.1 Å². The molecule has 0 bridgehead atoms. The highest BCUT2D eigenvalue weighted by molar-refractivity contribution is 7.88. The molecule has 0 aliphatic heterocycles. The second-order valence-electron chi connectivity index (χ2n) is 9.37. The summed E-state index contributed by atoms with van der Waals surface area (Å²) in [7, 11) is -5.74. The van der Waals surface area contributed by atoms with Gasteiger partial charge in [0.2, 0.25) is 0 Å². The highest BCUT2D eigenvalue weighted by Gasteiger charge is 2.48. The SMILES string of the molecule is CCC(CC)(c1ccc(OS(=O)(=O)C(F)(F)F)c(C)c1)c1ccc(C2(O)CCCCC2)c(C)c1. The van der Waals surface area contributed by atoms with Crippen molar-refractivity contribution in [3.05, 3.63) is 64.2 Å². The van der Waals surface area contributed by atoms with Gasteiger partial charge in [0.25, 0.3) is 0 Å². The van der Waals surface area contributed by atoms with Crippen LogP contribution < -0.4 is 4.18 Å². The molecular formula is C26H33F3O4S. The van der Waals surface area contributed by atoms with Gasteiger partial charge in [-0.3, -0.25) is 0 Å². The van der Waals surface area contributed by atoms with Crippen molar-refractivity contribution < 1.29 is 30.9 Å². The Morgan fingerprint density at radius 1 is 0.912 bits per heavy atom. The van der Waals surface area contributed by atoms with Gasteiger partial charge >= 0.3 is 15.6 Å². The van der Waals surface area contributed by atoms with Gasteiger partial charge in [-0.1, -0.05) is 63.4 Å². The predicted molar refractivity (Wildman–Crippen MR) is 126 cm³/mol. The molecule has 188 valence electrons. The van der Waals surface area contributed by atoms with Crippen LogP contribution in [0.15, 0.2) is 36.4 Å². The van der Waals surface area contributed by atoms with Gasteiger partial charge in [0.05, 0.1) is 5.60 Å². The van der Waals surface area contributed by atoms with E-state index in [-0.39, 0.29) is 5.75 Å². The highest BCUT2D eigenvalue weighted by atomic mass is 32.2. The first kappa shape index (κ1) is 26.5. The lowest BCUT2D eigenvalue weighted by atomic mass is 9.69. The Kier molecular flexibility index (Phi) is 7.44. The number of aliphatic hydroxyl groups is 1. The van der Waals surface area contributed by atoms with Crippen LogP contribution in [-0.4, -0.2) is 19.0 Å². The minimum atomic E-state index is -5.74. The molecule has 2 aromatic carbocycles. The Morgan fingerprint density at radius 2 is 1.44 bits per heavy atom. The van der Waals surface area contributed by atoms with E-state index in [2.05, 4.69) is 24.1 Å². The fourth-order valence-corrected chi connectivity index (χ4v) is 5.85. The quantitative estimate of drug-likeness (QED) is 0.337. The Labute approximate surface area is 200 Å². The van der Waals surface area contributed by atoms with Crippen molar-refractivity contribution >= 4 is 10.1 Å². The summed E-state index contributed by atoms with van der Waals surface area (Å²) < 4.78 is 65.5. The van der Waals surface area contributed by atoms with Crippen molar-refractivity contribution in [1.82, 2.24) is 0 Å². The second kappa shape index (κ2) is 9.53. The highest BCUT2D eigenvalue weighted by Crippen LogP contribution is 2.44. The van der Waals surface area contributed by atoms with E-state index in [1.165, 1.54) is 13.0 Å². The molecule has 0 aromatic heterocycles. The van der Waals surface area contributed by atoms with E-state index in [0.717, 1.165) is 67.2 Å². The second-order valence-corrected chi connectivity index (χ2v) is 10.9. The van der Waals surface area contributed by atoms with Crippen molar-refractivity contribution in [1.29, 1.82) is 0 Å². The number of benzene rings is 2. The van der Waals surface area contributed by atoms with E-state index in [0.29, 0.717) is 5.56 Å². The van der Waals surface area contributed by atoms with Gasteiger partial charge in [-0.25, -0.2) is 0 Å². The number of alkyl halides is 3. The lowest BCUT2D eigenvalue weighted by Crippen LogP contribution is -2.31. The molecule has 0 saturated heterocycles. The van der Waals surface area contributed by atoms with Gasteiger partial charge in [-0.15, -0.1) is 0 Å². The molecule has 1 N–H and O–H groups in total. The molecule has 0 atom stereocenters. The fraction of sp³-hybridized carbons (Fsp3) is 0.538. The maximum atomic E-state index is 12.8. The van der Waals surface area contributed by atoms with Crippen molar-refractivity contribution in [3.8, 4) is 5.75 Å². The minimum absolute atomic E-state index is 0.307. The molecule has 8 heteroatoms. The molecular weight excluding hydrogens is 465 g/mol. The predicted octanol–water partition coefficient (Wildman–Crippen LogP) is 6.79. The Hall–Kier alpha value is -2.06. The molecule has 2 aromatic rings. The third-order valence-electron chi connectivity index (χ3n) is 7.38. The topological polar surface area (TPSA) is 63.6 Å². The average molecular weight is 499 g/mol. The summed E-state index contributed by atoms with van der Waals surface area (Å²) in [6.07, 6.45) is 6.10. The lowest BCUT2D eigenvalue weighted by Gasteiger charge is -2.37. The van der Waals surface area contributed by atoms with Gasteiger partial charge in [0.1, 0.15) is 5.75 Å². The summed E-state index contributed by atoms with van der Waals surface area (Å²) in [5.74, 6) is -0.340. The monoisotopic (exact) mass is 498 g/mol. The number of hydrogen-bond donors (Lipinski definition) is 1. The summed E-state index contributed by atoms with van der Waals surface area (Å²) in [4.78, 5) is 0. The van der Waals surface area contributed by atoms with Crippen molar-refractivity contribution in [2.75, 3.05) is 0 Å². The Morgan fingerprint density at radius 3 is 1.91 bits per heavy atom. The standard InChI is InChI=1S/C26H33F3O4S/c1-5-24(6-2,20-10-12-22(18(3)16-20)25(30)14-8-7-9-15-25)21-11-13-23(19(4)17-21)33-34(31,32)26(27,28)29/h10-13,16-17,30H,5-9,14-15H2,1-4H3. The van der Waals surface area contributed by atoms with Crippen LogP contribution >= 0.6 is 0 Å². The number of halogens is 3. The van der Waals surface area contributed by atoms with E-state index < -0.39 is 26.6 Å². The van der Waals surface area contributed by atoms with Crippen molar-refractivity contribution in [2.45, 2.75) is 89.2 Å². The van der Waals surface area contributed by atoms with E-state index in [1.54, 1.807) is 12.1 Å². The van der Waals surface area contributed by atoms with Crippen molar-refractivity contribution in [3.63, 3.8) is 0 Å². The number of aryl methyl sites for hydroxylation is 2. The summed E-state index contributed by atoms with van der Waals surface area (Å²) >= 11 is 0. The van der Waals surface area contributed by atoms with Gasteiger partial charge in [0, 0.05) is 5.41 Å².